The number of sulfone groups is 1. The molecule has 0 fully saturated rings. The summed E-state index contributed by atoms with van der Waals surface area (Å²) in [6.07, 6.45) is 1.14. The third-order valence-corrected chi connectivity index (χ3v) is 2.52. The van der Waals surface area contributed by atoms with Gasteiger partial charge in [-0.2, -0.15) is 0 Å². The molecule has 0 bridgehead atoms. The van der Waals surface area contributed by atoms with Crippen molar-refractivity contribution in [3.05, 3.63) is 29.3 Å². The molecule has 1 rings (SSSR count). The van der Waals surface area contributed by atoms with Crippen molar-refractivity contribution in [1.82, 2.24) is 0 Å². The second kappa shape index (κ2) is 2.83. The van der Waals surface area contributed by atoms with Gasteiger partial charge in [-0.3, -0.25) is 0 Å². The highest BCUT2D eigenvalue weighted by Gasteiger charge is 2.04. The van der Waals surface area contributed by atoms with E-state index in [2.05, 4.69) is 6.07 Å². The van der Waals surface area contributed by atoms with Gasteiger partial charge in [0.2, 0.25) is 0 Å². The molecular formula is C7H6ClO2S. The zero-order valence-corrected chi connectivity index (χ0v) is 7.41. The molecule has 0 spiro atoms. The summed E-state index contributed by atoms with van der Waals surface area (Å²) in [7, 11) is -3.11. The van der Waals surface area contributed by atoms with Crippen molar-refractivity contribution in [3.8, 4) is 0 Å². The van der Waals surface area contributed by atoms with Crippen LogP contribution in [0.4, 0.5) is 0 Å². The third kappa shape index (κ3) is 2.20. The maximum atomic E-state index is 10.9. The summed E-state index contributed by atoms with van der Waals surface area (Å²) in [5, 5.41) is 0.414. The number of benzene rings is 1. The van der Waals surface area contributed by atoms with Crippen molar-refractivity contribution in [2.75, 3.05) is 6.26 Å². The Labute approximate surface area is 70.7 Å². The molecule has 1 aromatic carbocycles. The van der Waals surface area contributed by atoms with Gasteiger partial charge in [0.15, 0.2) is 9.84 Å². The molecular weight excluding hydrogens is 184 g/mol. The van der Waals surface area contributed by atoms with Gasteiger partial charge in [0.25, 0.3) is 0 Å². The average Bonchev–Trinajstić information content (AvgIpc) is 1.86. The van der Waals surface area contributed by atoms with Crippen LogP contribution in [-0.2, 0) is 9.84 Å². The van der Waals surface area contributed by atoms with E-state index in [-0.39, 0.29) is 4.90 Å². The molecule has 0 aromatic heterocycles. The lowest BCUT2D eigenvalue weighted by Gasteiger charge is -1.95. The van der Waals surface area contributed by atoms with Gasteiger partial charge in [0.05, 0.1) is 4.90 Å². The predicted molar refractivity (Wildman–Crippen MR) is 43.4 cm³/mol. The number of rotatable bonds is 1. The molecule has 4 heteroatoms. The van der Waals surface area contributed by atoms with E-state index in [0.717, 1.165) is 6.26 Å². The Morgan fingerprint density at radius 2 is 2.09 bits per heavy atom. The van der Waals surface area contributed by atoms with Crippen LogP contribution in [0.3, 0.4) is 0 Å². The lowest BCUT2D eigenvalue weighted by Crippen LogP contribution is -1.95. The van der Waals surface area contributed by atoms with Gasteiger partial charge in [-0.15, -0.1) is 0 Å². The SMILES string of the molecule is CS(=O)(=O)c1c[c]c(Cl)cc1. The van der Waals surface area contributed by atoms with Crippen LogP contribution < -0.4 is 0 Å². The first-order valence-corrected chi connectivity index (χ1v) is 5.14. The quantitative estimate of drug-likeness (QED) is 0.672. The van der Waals surface area contributed by atoms with Crippen LogP contribution in [0.25, 0.3) is 0 Å². The lowest BCUT2D eigenvalue weighted by atomic mass is 10.4. The summed E-state index contributed by atoms with van der Waals surface area (Å²) in [5.74, 6) is 0. The van der Waals surface area contributed by atoms with Gasteiger partial charge >= 0.3 is 0 Å². The molecule has 0 heterocycles. The van der Waals surface area contributed by atoms with Crippen molar-refractivity contribution < 1.29 is 8.42 Å². The monoisotopic (exact) mass is 189 g/mol. The summed E-state index contributed by atoms with van der Waals surface area (Å²) in [5.41, 5.74) is 0. The second-order valence-electron chi connectivity index (χ2n) is 2.14. The largest absolute Gasteiger partial charge is 0.224 e. The maximum Gasteiger partial charge on any atom is 0.175 e. The summed E-state index contributed by atoms with van der Waals surface area (Å²) >= 11 is 5.51. The predicted octanol–water partition coefficient (Wildman–Crippen LogP) is 1.54. The Hall–Kier alpha value is -0.540. The first-order valence-electron chi connectivity index (χ1n) is 2.87. The van der Waals surface area contributed by atoms with Crippen LogP contribution in [-0.4, -0.2) is 14.7 Å². The highest BCUT2D eigenvalue weighted by Crippen LogP contribution is 2.12. The van der Waals surface area contributed by atoms with Gasteiger partial charge in [-0.05, 0) is 18.2 Å². The molecule has 0 aliphatic heterocycles. The molecule has 1 radical (unpaired) electrons. The molecule has 0 saturated carbocycles. The number of hydrogen-bond acceptors (Lipinski definition) is 2. The Kier molecular flexibility index (Phi) is 2.20. The van der Waals surface area contributed by atoms with Gasteiger partial charge in [0, 0.05) is 17.3 Å². The van der Waals surface area contributed by atoms with E-state index in [1.165, 1.54) is 18.2 Å². The number of halogens is 1. The summed E-state index contributed by atoms with van der Waals surface area (Å²) in [6.45, 7) is 0. The minimum atomic E-state index is -3.11. The topological polar surface area (TPSA) is 34.1 Å². The van der Waals surface area contributed by atoms with Crippen LogP contribution in [0.15, 0.2) is 23.1 Å². The molecule has 0 unspecified atom stereocenters. The fourth-order valence-electron chi connectivity index (χ4n) is 0.622. The second-order valence-corrected chi connectivity index (χ2v) is 4.57. The third-order valence-electron chi connectivity index (χ3n) is 1.17. The molecule has 1 aromatic rings. The zero-order valence-electron chi connectivity index (χ0n) is 5.83. The van der Waals surface area contributed by atoms with Crippen LogP contribution in [0.2, 0.25) is 5.02 Å². The Morgan fingerprint density at radius 1 is 1.45 bits per heavy atom. The number of hydrogen-bond donors (Lipinski definition) is 0. The molecule has 11 heavy (non-hydrogen) atoms. The van der Waals surface area contributed by atoms with E-state index in [9.17, 15) is 8.42 Å². The molecule has 0 N–H and O–H groups in total. The smallest absolute Gasteiger partial charge is 0.175 e. The lowest BCUT2D eigenvalue weighted by molar-refractivity contribution is 0.602. The summed E-state index contributed by atoms with van der Waals surface area (Å²) in [4.78, 5) is 0.238. The summed E-state index contributed by atoms with van der Waals surface area (Å²) < 4.78 is 21.8. The van der Waals surface area contributed by atoms with E-state index in [4.69, 9.17) is 11.6 Å². The maximum absolute atomic E-state index is 10.9. The summed E-state index contributed by atoms with van der Waals surface area (Å²) in [6, 6.07) is 6.90. The Bertz CT molecular complexity index is 339. The van der Waals surface area contributed by atoms with Crippen molar-refractivity contribution >= 4 is 21.4 Å². The molecule has 2 nitrogen and oxygen atoms in total. The minimum Gasteiger partial charge on any atom is -0.224 e. The average molecular weight is 190 g/mol. The standard InChI is InChI=1S/C7H6ClO2S/c1-11(9,10)7-4-2-6(8)3-5-7/h2,4-5H,1H3. The van der Waals surface area contributed by atoms with E-state index < -0.39 is 9.84 Å². The molecule has 0 saturated heterocycles. The molecule has 0 aliphatic rings. The van der Waals surface area contributed by atoms with E-state index >= 15 is 0 Å². The van der Waals surface area contributed by atoms with Crippen molar-refractivity contribution in [1.29, 1.82) is 0 Å². The van der Waals surface area contributed by atoms with Gasteiger partial charge in [-0.1, -0.05) is 11.6 Å². The van der Waals surface area contributed by atoms with Gasteiger partial charge in [-0.25, -0.2) is 8.42 Å². The Morgan fingerprint density at radius 3 is 2.45 bits per heavy atom. The molecule has 0 aliphatic carbocycles. The van der Waals surface area contributed by atoms with E-state index in [1.54, 1.807) is 0 Å². The highest BCUT2D eigenvalue weighted by atomic mass is 35.5. The van der Waals surface area contributed by atoms with Crippen LogP contribution in [0.5, 0.6) is 0 Å². The first kappa shape index (κ1) is 8.56. The van der Waals surface area contributed by atoms with Crippen molar-refractivity contribution in [2.24, 2.45) is 0 Å². The highest BCUT2D eigenvalue weighted by molar-refractivity contribution is 7.90. The molecule has 0 amide bonds. The van der Waals surface area contributed by atoms with Gasteiger partial charge < -0.3 is 0 Å². The zero-order chi connectivity index (χ0) is 8.48. The minimum absolute atomic E-state index is 0.238. The fraction of sp³-hybridized carbons (Fsp3) is 0.143. The van der Waals surface area contributed by atoms with Crippen LogP contribution in [0.1, 0.15) is 0 Å². The van der Waals surface area contributed by atoms with E-state index in [1.807, 2.05) is 0 Å². The van der Waals surface area contributed by atoms with E-state index in [0.29, 0.717) is 5.02 Å². The van der Waals surface area contributed by atoms with Gasteiger partial charge in [0.1, 0.15) is 0 Å². The van der Waals surface area contributed by atoms with Crippen molar-refractivity contribution in [2.45, 2.75) is 4.90 Å². The van der Waals surface area contributed by atoms with Crippen LogP contribution in [0, 0.1) is 6.07 Å². The molecule has 59 valence electrons. The molecule has 0 atom stereocenters. The normalized spacial score (nSPS) is 11.5. The Balaban J connectivity index is 3.20. The van der Waals surface area contributed by atoms with Crippen LogP contribution >= 0.6 is 11.6 Å². The first-order chi connectivity index (χ1) is 5.00. The fourth-order valence-corrected chi connectivity index (χ4v) is 1.33. The van der Waals surface area contributed by atoms with Crippen molar-refractivity contribution in [3.63, 3.8) is 0 Å².